The van der Waals surface area contributed by atoms with E-state index in [0.717, 1.165) is 35.8 Å². The molecule has 1 heterocycles. The first-order valence-electron chi connectivity index (χ1n) is 10.6. The van der Waals surface area contributed by atoms with Crippen molar-refractivity contribution in [2.24, 2.45) is 0 Å². The lowest BCUT2D eigenvalue weighted by molar-refractivity contribution is -0.121. The Morgan fingerprint density at radius 3 is 2.32 bits per heavy atom. The van der Waals surface area contributed by atoms with E-state index in [4.69, 9.17) is 0 Å². The summed E-state index contributed by atoms with van der Waals surface area (Å²) < 4.78 is 39.0. The first-order valence-corrected chi connectivity index (χ1v) is 12.4. The first-order chi connectivity index (χ1) is 14.8. The van der Waals surface area contributed by atoms with Gasteiger partial charge in [0.05, 0.1) is 12.8 Å². The van der Waals surface area contributed by atoms with E-state index in [9.17, 15) is 17.6 Å². The third-order valence-electron chi connectivity index (χ3n) is 5.46. The monoisotopic (exact) mass is 447 g/mol. The number of likely N-dealkylation sites (tertiary alicyclic amines) is 1. The van der Waals surface area contributed by atoms with Crippen molar-refractivity contribution in [1.82, 2.24) is 14.5 Å². The van der Waals surface area contributed by atoms with Gasteiger partial charge >= 0.3 is 0 Å². The number of piperidine rings is 1. The van der Waals surface area contributed by atoms with E-state index in [-0.39, 0.29) is 18.7 Å². The van der Waals surface area contributed by atoms with Gasteiger partial charge < -0.3 is 5.32 Å². The number of carbonyl (C=O) groups excluding carboxylic acids is 1. The summed E-state index contributed by atoms with van der Waals surface area (Å²) in [5.41, 5.74) is 2.41. The average Bonchev–Trinajstić information content (AvgIpc) is 2.74. The second kappa shape index (κ2) is 10.8. The van der Waals surface area contributed by atoms with Gasteiger partial charge in [0.1, 0.15) is 5.82 Å². The number of halogens is 1. The Kier molecular flexibility index (Phi) is 8.17. The molecule has 0 unspecified atom stereocenters. The molecule has 0 aromatic heterocycles. The summed E-state index contributed by atoms with van der Waals surface area (Å²) in [6.07, 6.45) is 4.84. The van der Waals surface area contributed by atoms with Gasteiger partial charge in [-0.1, -0.05) is 48.9 Å². The minimum absolute atomic E-state index is 0.190. The fourth-order valence-electron chi connectivity index (χ4n) is 3.66. The highest BCUT2D eigenvalue weighted by Gasteiger charge is 2.21. The number of hydrogen-bond acceptors (Lipinski definition) is 4. The molecule has 8 heteroatoms. The number of nitrogens with one attached hydrogen (secondary N) is 1. The van der Waals surface area contributed by atoms with Crippen molar-refractivity contribution in [2.45, 2.75) is 38.9 Å². The molecule has 1 N–H and O–H groups in total. The van der Waals surface area contributed by atoms with E-state index < -0.39 is 21.7 Å². The second-order valence-corrected chi connectivity index (χ2v) is 10.0. The Hall–Kier alpha value is -2.29. The van der Waals surface area contributed by atoms with Crippen LogP contribution in [0.3, 0.4) is 0 Å². The Morgan fingerprint density at radius 2 is 1.68 bits per heavy atom. The molecule has 168 valence electrons. The van der Waals surface area contributed by atoms with Crippen LogP contribution in [0.2, 0.25) is 0 Å². The topological polar surface area (TPSA) is 69.7 Å². The SMILES string of the molecule is CS(=O)(=O)N(CC(=O)NCc1ccc(CN2CCCCC2)cc1)Cc1ccccc1F. The normalized spacial score (nSPS) is 15.2. The molecule has 0 spiro atoms. The van der Waals surface area contributed by atoms with E-state index >= 15 is 0 Å². The molecule has 1 aliphatic rings. The Bertz CT molecular complexity index is 974. The molecule has 3 rings (SSSR count). The summed E-state index contributed by atoms with van der Waals surface area (Å²) in [7, 11) is -3.68. The van der Waals surface area contributed by atoms with Crippen LogP contribution in [0.4, 0.5) is 4.39 Å². The van der Waals surface area contributed by atoms with Crippen LogP contribution in [-0.2, 0) is 34.5 Å². The Balaban J connectivity index is 1.52. The maximum atomic E-state index is 13.9. The number of hydrogen-bond donors (Lipinski definition) is 1. The van der Waals surface area contributed by atoms with Crippen molar-refractivity contribution in [3.63, 3.8) is 0 Å². The molecule has 0 atom stereocenters. The van der Waals surface area contributed by atoms with Crippen molar-refractivity contribution < 1.29 is 17.6 Å². The van der Waals surface area contributed by atoms with Gasteiger partial charge in [0, 0.05) is 25.2 Å². The summed E-state index contributed by atoms with van der Waals surface area (Å²) in [5, 5.41) is 2.75. The van der Waals surface area contributed by atoms with Crippen LogP contribution in [0, 0.1) is 5.82 Å². The van der Waals surface area contributed by atoms with Crippen LogP contribution in [0.15, 0.2) is 48.5 Å². The van der Waals surface area contributed by atoms with Crippen molar-refractivity contribution in [3.05, 3.63) is 71.0 Å². The van der Waals surface area contributed by atoms with Crippen molar-refractivity contribution >= 4 is 15.9 Å². The van der Waals surface area contributed by atoms with Gasteiger partial charge in [-0.3, -0.25) is 9.69 Å². The molecule has 1 aliphatic heterocycles. The lowest BCUT2D eigenvalue weighted by Crippen LogP contribution is -2.39. The molecule has 2 aromatic carbocycles. The smallest absolute Gasteiger partial charge is 0.235 e. The van der Waals surface area contributed by atoms with E-state index in [1.54, 1.807) is 6.07 Å². The van der Waals surface area contributed by atoms with Crippen molar-refractivity contribution in [2.75, 3.05) is 25.9 Å². The molecule has 0 bridgehead atoms. The number of amides is 1. The van der Waals surface area contributed by atoms with Gasteiger partial charge in [-0.2, -0.15) is 4.31 Å². The standard InChI is InChI=1S/C23H30FN3O3S/c1-31(29,30)27(17-21-7-3-4-8-22(21)24)18-23(28)25-15-19-9-11-20(12-10-19)16-26-13-5-2-6-14-26/h3-4,7-12H,2,5-6,13-18H2,1H3,(H,25,28). The third kappa shape index (κ3) is 7.41. The molecule has 1 fully saturated rings. The van der Waals surface area contributed by atoms with E-state index in [1.165, 1.54) is 43.0 Å². The van der Waals surface area contributed by atoms with Gasteiger partial charge in [0.15, 0.2) is 0 Å². The zero-order valence-electron chi connectivity index (χ0n) is 17.9. The highest BCUT2D eigenvalue weighted by Crippen LogP contribution is 2.14. The summed E-state index contributed by atoms with van der Waals surface area (Å²) in [4.78, 5) is 14.8. The molecule has 31 heavy (non-hydrogen) atoms. The van der Waals surface area contributed by atoms with Crippen LogP contribution in [0.1, 0.15) is 36.0 Å². The Morgan fingerprint density at radius 1 is 1.03 bits per heavy atom. The second-order valence-electron chi connectivity index (χ2n) is 8.05. The Labute approximate surface area is 184 Å². The molecular formula is C23H30FN3O3S. The fraction of sp³-hybridized carbons (Fsp3) is 0.435. The predicted molar refractivity (Wildman–Crippen MR) is 119 cm³/mol. The zero-order valence-corrected chi connectivity index (χ0v) is 18.7. The summed E-state index contributed by atoms with van der Waals surface area (Å²) in [6.45, 7) is 2.97. The van der Waals surface area contributed by atoms with Gasteiger partial charge in [-0.05, 0) is 43.1 Å². The van der Waals surface area contributed by atoms with Gasteiger partial charge in [0.2, 0.25) is 15.9 Å². The largest absolute Gasteiger partial charge is 0.351 e. The van der Waals surface area contributed by atoms with E-state index in [2.05, 4.69) is 22.3 Å². The van der Waals surface area contributed by atoms with Crippen LogP contribution in [0.25, 0.3) is 0 Å². The molecule has 2 aromatic rings. The minimum Gasteiger partial charge on any atom is -0.351 e. The maximum absolute atomic E-state index is 13.9. The van der Waals surface area contributed by atoms with Crippen LogP contribution in [-0.4, -0.2) is 49.4 Å². The molecule has 0 radical (unpaired) electrons. The van der Waals surface area contributed by atoms with Gasteiger partial charge in [-0.15, -0.1) is 0 Å². The number of carbonyl (C=O) groups is 1. The number of rotatable bonds is 9. The first kappa shape index (κ1) is 23.4. The van der Waals surface area contributed by atoms with Crippen LogP contribution >= 0.6 is 0 Å². The molecule has 1 saturated heterocycles. The lowest BCUT2D eigenvalue weighted by Gasteiger charge is -2.26. The summed E-state index contributed by atoms with van der Waals surface area (Å²) in [6, 6.07) is 14.0. The van der Waals surface area contributed by atoms with Crippen LogP contribution in [0.5, 0.6) is 0 Å². The summed E-state index contributed by atoms with van der Waals surface area (Å²) >= 11 is 0. The lowest BCUT2D eigenvalue weighted by atomic mass is 10.1. The van der Waals surface area contributed by atoms with Gasteiger partial charge in [0.25, 0.3) is 0 Å². The zero-order chi connectivity index (χ0) is 22.3. The molecule has 0 saturated carbocycles. The number of nitrogens with zero attached hydrogens (tertiary/aromatic N) is 2. The van der Waals surface area contributed by atoms with Gasteiger partial charge in [-0.25, -0.2) is 12.8 Å². The maximum Gasteiger partial charge on any atom is 0.235 e. The third-order valence-corrected chi connectivity index (χ3v) is 6.66. The fourth-order valence-corrected chi connectivity index (χ4v) is 4.39. The highest BCUT2D eigenvalue weighted by atomic mass is 32.2. The highest BCUT2D eigenvalue weighted by molar-refractivity contribution is 7.88. The number of benzene rings is 2. The molecule has 1 amide bonds. The molecule has 6 nitrogen and oxygen atoms in total. The quantitative estimate of drug-likeness (QED) is 0.642. The van der Waals surface area contributed by atoms with Crippen LogP contribution < -0.4 is 5.32 Å². The molecular weight excluding hydrogens is 417 g/mol. The molecule has 0 aliphatic carbocycles. The number of sulfonamides is 1. The predicted octanol–water partition coefficient (Wildman–Crippen LogP) is 2.89. The average molecular weight is 448 g/mol. The summed E-state index contributed by atoms with van der Waals surface area (Å²) in [5.74, 6) is -0.930. The minimum atomic E-state index is -3.68. The van der Waals surface area contributed by atoms with E-state index in [1.807, 2.05) is 12.1 Å². The van der Waals surface area contributed by atoms with Crippen molar-refractivity contribution in [1.29, 1.82) is 0 Å². The van der Waals surface area contributed by atoms with Crippen molar-refractivity contribution in [3.8, 4) is 0 Å². The van der Waals surface area contributed by atoms with E-state index in [0.29, 0.717) is 6.54 Å².